The Kier molecular flexibility index (Phi) is 5.69. The molecule has 0 saturated heterocycles. The SMILES string of the molecule is CCCCCCCCNS(=O)(=O)c1cccc2n[nH]nc12. The van der Waals surface area contributed by atoms with Gasteiger partial charge in [-0.05, 0) is 18.6 Å². The number of aromatic amines is 1. The van der Waals surface area contributed by atoms with Crippen molar-refractivity contribution in [3.63, 3.8) is 0 Å². The highest BCUT2D eigenvalue weighted by atomic mass is 32.2. The molecule has 0 amide bonds. The molecule has 1 aromatic carbocycles. The second kappa shape index (κ2) is 7.51. The average molecular weight is 310 g/mol. The van der Waals surface area contributed by atoms with Gasteiger partial charge in [-0.25, -0.2) is 13.1 Å². The zero-order valence-corrected chi connectivity index (χ0v) is 13.1. The number of nitrogens with zero attached hydrogens (tertiary/aromatic N) is 2. The molecule has 0 spiro atoms. The fourth-order valence-electron chi connectivity index (χ4n) is 2.25. The number of fused-ring (bicyclic) bond motifs is 1. The highest BCUT2D eigenvalue weighted by Gasteiger charge is 2.18. The predicted molar refractivity (Wildman–Crippen MR) is 82.5 cm³/mol. The van der Waals surface area contributed by atoms with Crippen molar-refractivity contribution in [3.8, 4) is 0 Å². The van der Waals surface area contributed by atoms with Crippen LogP contribution in [0.3, 0.4) is 0 Å². The molecule has 2 N–H and O–H groups in total. The first-order valence-electron chi connectivity index (χ1n) is 7.44. The molecule has 0 aliphatic rings. The molecule has 0 saturated carbocycles. The molecule has 6 nitrogen and oxygen atoms in total. The van der Waals surface area contributed by atoms with Crippen molar-refractivity contribution in [1.29, 1.82) is 0 Å². The third-order valence-corrected chi connectivity index (χ3v) is 4.91. The van der Waals surface area contributed by atoms with Gasteiger partial charge in [0, 0.05) is 6.54 Å². The van der Waals surface area contributed by atoms with Gasteiger partial charge < -0.3 is 0 Å². The number of sulfonamides is 1. The number of rotatable bonds is 9. The molecule has 0 aliphatic carbocycles. The average Bonchev–Trinajstić information content (AvgIpc) is 2.94. The third-order valence-electron chi connectivity index (χ3n) is 3.42. The van der Waals surface area contributed by atoms with Crippen molar-refractivity contribution < 1.29 is 8.42 Å². The van der Waals surface area contributed by atoms with Crippen molar-refractivity contribution in [2.45, 2.75) is 50.3 Å². The summed E-state index contributed by atoms with van der Waals surface area (Å²) in [6.45, 7) is 2.64. The van der Waals surface area contributed by atoms with Crippen molar-refractivity contribution in [3.05, 3.63) is 18.2 Å². The Morgan fingerprint density at radius 2 is 1.86 bits per heavy atom. The van der Waals surface area contributed by atoms with Crippen LogP contribution in [0.25, 0.3) is 11.0 Å². The van der Waals surface area contributed by atoms with E-state index >= 15 is 0 Å². The fourth-order valence-corrected chi connectivity index (χ4v) is 3.48. The van der Waals surface area contributed by atoms with E-state index in [1.165, 1.54) is 19.3 Å². The van der Waals surface area contributed by atoms with Crippen molar-refractivity contribution in [2.24, 2.45) is 0 Å². The number of H-pyrrole nitrogens is 1. The van der Waals surface area contributed by atoms with Crippen molar-refractivity contribution in [2.75, 3.05) is 6.54 Å². The molecule has 0 atom stereocenters. The number of aromatic nitrogens is 3. The number of para-hydroxylation sites is 1. The van der Waals surface area contributed by atoms with Gasteiger partial charge in [0.2, 0.25) is 10.0 Å². The van der Waals surface area contributed by atoms with Crippen LogP contribution in [0.5, 0.6) is 0 Å². The van der Waals surface area contributed by atoms with Crippen LogP contribution in [-0.4, -0.2) is 30.4 Å². The maximum absolute atomic E-state index is 12.3. The van der Waals surface area contributed by atoms with E-state index in [1.807, 2.05) is 0 Å². The maximum atomic E-state index is 12.3. The van der Waals surface area contributed by atoms with Crippen molar-refractivity contribution in [1.82, 2.24) is 20.1 Å². The standard InChI is InChI=1S/C14H22N4O2S/c1-2-3-4-5-6-7-11-15-21(19,20)13-10-8-9-12-14(13)17-18-16-12/h8-10,15H,2-7,11H2,1H3,(H,16,17,18). The van der Waals surface area contributed by atoms with Crippen LogP contribution in [-0.2, 0) is 10.0 Å². The first kappa shape index (κ1) is 15.9. The molecule has 0 fully saturated rings. The summed E-state index contributed by atoms with van der Waals surface area (Å²) in [5.41, 5.74) is 0.936. The largest absolute Gasteiger partial charge is 0.242 e. The van der Waals surface area contributed by atoms with Crippen LogP contribution in [0, 0.1) is 0 Å². The lowest BCUT2D eigenvalue weighted by atomic mass is 10.1. The Hall–Kier alpha value is -1.47. The normalized spacial score (nSPS) is 12.0. The third kappa shape index (κ3) is 4.25. The number of unbranched alkanes of at least 4 members (excludes halogenated alkanes) is 5. The number of benzene rings is 1. The van der Waals surface area contributed by atoms with Crippen LogP contribution in [0.2, 0.25) is 0 Å². The first-order chi connectivity index (χ1) is 10.1. The summed E-state index contributed by atoms with van der Waals surface area (Å²) in [5, 5.41) is 10.3. The molecule has 1 aromatic heterocycles. The van der Waals surface area contributed by atoms with Gasteiger partial charge >= 0.3 is 0 Å². The minimum atomic E-state index is -3.53. The van der Waals surface area contributed by atoms with Gasteiger partial charge in [-0.15, -0.1) is 0 Å². The van der Waals surface area contributed by atoms with E-state index in [-0.39, 0.29) is 4.90 Å². The van der Waals surface area contributed by atoms with Crippen LogP contribution >= 0.6 is 0 Å². The lowest BCUT2D eigenvalue weighted by molar-refractivity contribution is 0.568. The molecule has 0 unspecified atom stereocenters. The molecule has 21 heavy (non-hydrogen) atoms. The summed E-state index contributed by atoms with van der Waals surface area (Å²) in [6, 6.07) is 4.95. The zero-order chi connectivity index (χ0) is 15.1. The summed E-state index contributed by atoms with van der Waals surface area (Å²) in [5.74, 6) is 0. The minimum Gasteiger partial charge on any atom is -0.211 e. The summed E-state index contributed by atoms with van der Waals surface area (Å²) in [7, 11) is -3.53. The topological polar surface area (TPSA) is 87.7 Å². The van der Waals surface area contributed by atoms with E-state index < -0.39 is 10.0 Å². The summed E-state index contributed by atoms with van der Waals surface area (Å²) < 4.78 is 27.2. The van der Waals surface area contributed by atoms with Crippen LogP contribution in [0.1, 0.15) is 45.4 Å². The van der Waals surface area contributed by atoms with Crippen LogP contribution in [0.4, 0.5) is 0 Å². The van der Waals surface area contributed by atoms with Gasteiger partial charge in [0.1, 0.15) is 15.9 Å². The van der Waals surface area contributed by atoms with E-state index in [1.54, 1.807) is 18.2 Å². The Balaban J connectivity index is 1.89. The Labute approximate surface area is 125 Å². The quantitative estimate of drug-likeness (QED) is 0.697. The lowest BCUT2D eigenvalue weighted by Gasteiger charge is -2.07. The van der Waals surface area contributed by atoms with E-state index in [2.05, 4.69) is 27.1 Å². The van der Waals surface area contributed by atoms with Crippen LogP contribution < -0.4 is 4.72 Å². The highest BCUT2D eigenvalue weighted by Crippen LogP contribution is 2.18. The molecular formula is C14H22N4O2S. The molecule has 0 radical (unpaired) electrons. The summed E-state index contributed by atoms with van der Waals surface area (Å²) in [6.07, 6.45) is 6.76. The van der Waals surface area contributed by atoms with Gasteiger partial charge in [0.25, 0.3) is 0 Å². The van der Waals surface area contributed by atoms with Crippen LogP contribution in [0.15, 0.2) is 23.1 Å². The second-order valence-corrected chi connectivity index (χ2v) is 6.85. The van der Waals surface area contributed by atoms with Gasteiger partial charge in [0.05, 0.1) is 0 Å². The van der Waals surface area contributed by atoms with E-state index in [0.717, 1.165) is 19.3 Å². The van der Waals surface area contributed by atoms with Gasteiger partial charge in [-0.3, -0.25) is 0 Å². The summed E-state index contributed by atoms with van der Waals surface area (Å²) >= 11 is 0. The second-order valence-electron chi connectivity index (χ2n) is 5.11. The number of hydrogen-bond acceptors (Lipinski definition) is 4. The Morgan fingerprint density at radius 1 is 1.10 bits per heavy atom. The smallest absolute Gasteiger partial charge is 0.211 e. The molecule has 2 aromatic rings. The van der Waals surface area contributed by atoms with Gasteiger partial charge in [-0.2, -0.15) is 15.4 Å². The summed E-state index contributed by atoms with van der Waals surface area (Å²) in [4.78, 5) is 0.180. The first-order valence-corrected chi connectivity index (χ1v) is 8.92. The molecule has 2 rings (SSSR count). The zero-order valence-electron chi connectivity index (χ0n) is 12.3. The molecule has 0 aliphatic heterocycles. The molecule has 7 heteroatoms. The number of nitrogens with one attached hydrogen (secondary N) is 2. The van der Waals surface area contributed by atoms with Gasteiger partial charge in [-0.1, -0.05) is 45.1 Å². The van der Waals surface area contributed by atoms with Gasteiger partial charge in [0.15, 0.2) is 0 Å². The number of hydrogen-bond donors (Lipinski definition) is 2. The lowest BCUT2D eigenvalue weighted by Crippen LogP contribution is -2.25. The highest BCUT2D eigenvalue weighted by molar-refractivity contribution is 7.89. The predicted octanol–water partition coefficient (Wildman–Crippen LogP) is 2.60. The molecule has 0 bridgehead atoms. The van der Waals surface area contributed by atoms with E-state index in [0.29, 0.717) is 17.6 Å². The van der Waals surface area contributed by atoms with Crippen molar-refractivity contribution >= 4 is 21.1 Å². The molecular weight excluding hydrogens is 288 g/mol. The Bertz CT molecular complexity index is 666. The fraction of sp³-hybridized carbons (Fsp3) is 0.571. The minimum absolute atomic E-state index is 0.180. The maximum Gasteiger partial charge on any atom is 0.242 e. The molecule has 116 valence electrons. The van der Waals surface area contributed by atoms with E-state index in [4.69, 9.17) is 0 Å². The van der Waals surface area contributed by atoms with E-state index in [9.17, 15) is 8.42 Å². The molecule has 1 heterocycles. The Morgan fingerprint density at radius 3 is 2.67 bits per heavy atom. The monoisotopic (exact) mass is 310 g/mol.